The molecule has 78 valence electrons. The first kappa shape index (κ1) is 9.85. The monoisotopic (exact) mass is 222 g/mol. The first-order valence-electron chi connectivity index (χ1n) is 4.55. The summed E-state index contributed by atoms with van der Waals surface area (Å²) in [4.78, 5) is 19.4. The van der Waals surface area contributed by atoms with E-state index < -0.39 is 0 Å². The first-order chi connectivity index (χ1) is 7.29. The second-order valence-corrected chi connectivity index (χ2v) is 3.88. The van der Waals surface area contributed by atoms with Gasteiger partial charge in [0.15, 0.2) is 5.13 Å². The number of aromatic nitrogens is 2. The summed E-state index contributed by atoms with van der Waals surface area (Å²) in [6.45, 7) is 2.46. The van der Waals surface area contributed by atoms with Gasteiger partial charge in [-0.15, -0.1) is 0 Å². The fraction of sp³-hybridized carbons (Fsp3) is 0.222. The predicted octanol–water partition coefficient (Wildman–Crippen LogP) is 1.83. The lowest BCUT2D eigenvalue weighted by Crippen LogP contribution is -2.28. The maximum atomic E-state index is 11.2. The van der Waals surface area contributed by atoms with E-state index in [2.05, 4.69) is 20.6 Å². The van der Waals surface area contributed by atoms with E-state index in [1.165, 1.54) is 11.3 Å². The van der Waals surface area contributed by atoms with Gasteiger partial charge in [0.05, 0.1) is 10.2 Å². The fourth-order valence-electron chi connectivity index (χ4n) is 1.14. The molecule has 0 aliphatic carbocycles. The molecule has 2 heterocycles. The van der Waals surface area contributed by atoms with Crippen LogP contribution in [0.15, 0.2) is 18.5 Å². The van der Waals surface area contributed by atoms with Crippen molar-refractivity contribution in [3.8, 4) is 0 Å². The number of fused-ring (bicyclic) bond motifs is 1. The average Bonchev–Trinajstić information content (AvgIpc) is 2.59. The lowest BCUT2D eigenvalue weighted by Gasteiger charge is -2.00. The standard InChI is InChI=1S/C9H10N4OS/c1-2-11-8(14)13-9-12-6-3-4-10-5-7(6)15-9/h3-5H,2H2,1H3,(H2,11,12,13,14). The molecule has 0 radical (unpaired) electrons. The Labute approximate surface area is 90.5 Å². The van der Waals surface area contributed by atoms with Crippen molar-refractivity contribution >= 4 is 32.7 Å². The SMILES string of the molecule is CCNC(=O)Nc1nc2ccncc2s1. The zero-order chi connectivity index (χ0) is 10.7. The van der Waals surface area contributed by atoms with E-state index in [-0.39, 0.29) is 6.03 Å². The molecular formula is C9H10N4OS. The molecule has 0 fully saturated rings. The van der Waals surface area contributed by atoms with Crippen LogP contribution in [0.2, 0.25) is 0 Å². The molecule has 15 heavy (non-hydrogen) atoms. The van der Waals surface area contributed by atoms with E-state index in [0.717, 1.165) is 10.2 Å². The van der Waals surface area contributed by atoms with E-state index >= 15 is 0 Å². The third-order valence-corrected chi connectivity index (χ3v) is 2.67. The third-order valence-electron chi connectivity index (χ3n) is 1.75. The zero-order valence-electron chi connectivity index (χ0n) is 8.15. The minimum Gasteiger partial charge on any atom is -0.338 e. The van der Waals surface area contributed by atoms with Gasteiger partial charge in [-0.25, -0.2) is 9.78 Å². The Hall–Kier alpha value is -1.69. The Morgan fingerprint density at radius 3 is 3.20 bits per heavy atom. The molecule has 0 unspecified atom stereocenters. The molecule has 0 saturated carbocycles. The minimum atomic E-state index is -0.232. The number of nitrogens with zero attached hydrogens (tertiary/aromatic N) is 2. The number of anilines is 1. The number of amides is 2. The predicted molar refractivity (Wildman–Crippen MR) is 60.1 cm³/mol. The molecule has 2 rings (SSSR count). The fourth-order valence-corrected chi connectivity index (χ4v) is 1.96. The highest BCUT2D eigenvalue weighted by Gasteiger charge is 2.05. The van der Waals surface area contributed by atoms with Crippen LogP contribution in [0.4, 0.5) is 9.93 Å². The normalized spacial score (nSPS) is 10.2. The maximum absolute atomic E-state index is 11.2. The number of urea groups is 1. The number of nitrogens with one attached hydrogen (secondary N) is 2. The third kappa shape index (κ3) is 2.21. The van der Waals surface area contributed by atoms with Crippen molar-refractivity contribution < 1.29 is 4.79 Å². The van der Waals surface area contributed by atoms with Gasteiger partial charge in [0.2, 0.25) is 0 Å². The molecule has 2 amide bonds. The van der Waals surface area contributed by atoms with Crippen LogP contribution in [-0.2, 0) is 0 Å². The molecule has 2 aromatic rings. The minimum absolute atomic E-state index is 0.232. The van der Waals surface area contributed by atoms with Gasteiger partial charge in [-0.2, -0.15) is 0 Å². The smallest absolute Gasteiger partial charge is 0.321 e. The van der Waals surface area contributed by atoms with Crippen LogP contribution in [0, 0.1) is 0 Å². The highest BCUT2D eigenvalue weighted by molar-refractivity contribution is 7.22. The van der Waals surface area contributed by atoms with Crippen LogP contribution in [-0.4, -0.2) is 22.5 Å². The number of hydrogen-bond donors (Lipinski definition) is 2. The van der Waals surface area contributed by atoms with Crippen molar-refractivity contribution in [1.82, 2.24) is 15.3 Å². The molecule has 0 aliphatic rings. The largest absolute Gasteiger partial charge is 0.338 e. The molecule has 6 heteroatoms. The number of rotatable bonds is 2. The lowest BCUT2D eigenvalue weighted by atomic mass is 10.4. The molecule has 0 saturated heterocycles. The van der Waals surface area contributed by atoms with E-state index in [4.69, 9.17) is 0 Å². The summed E-state index contributed by atoms with van der Waals surface area (Å²) in [7, 11) is 0. The number of pyridine rings is 1. The van der Waals surface area contributed by atoms with Gasteiger partial charge in [-0.05, 0) is 13.0 Å². The Morgan fingerprint density at radius 2 is 2.47 bits per heavy atom. The van der Waals surface area contributed by atoms with Crippen LogP contribution in [0.1, 0.15) is 6.92 Å². The quantitative estimate of drug-likeness (QED) is 0.814. The molecule has 5 nitrogen and oxygen atoms in total. The highest BCUT2D eigenvalue weighted by Crippen LogP contribution is 2.24. The average molecular weight is 222 g/mol. The van der Waals surface area contributed by atoms with Gasteiger partial charge in [-0.3, -0.25) is 10.3 Å². The van der Waals surface area contributed by atoms with Crippen molar-refractivity contribution in [2.45, 2.75) is 6.92 Å². The van der Waals surface area contributed by atoms with Gasteiger partial charge in [0.25, 0.3) is 0 Å². The summed E-state index contributed by atoms with van der Waals surface area (Å²) in [5.74, 6) is 0. The van der Waals surface area contributed by atoms with Crippen molar-refractivity contribution in [3.63, 3.8) is 0 Å². The molecule has 2 N–H and O–H groups in total. The van der Waals surface area contributed by atoms with Crippen LogP contribution in [0.3, 0.4) is 0 Å². The number of carbonyl (C=O) groups excluding carboxylic acids is 1. The Balaban J connectivity index is 2.18. The van der Waals surface area contributed by atoms with Crippen LogP contribution >= 0.6 is 11.3 Å². The summed E-state index contributed by atoms with van der Waals surface area (Å²) in [5.41, 5.74) is 0.849. The summed E-state index contributed by atoms with van der Waals surface area (Å²) in [6.07, 6.45) is 3.41. The number of thiazole rings is 1. The van der Waals surface area contributed by atoms with E-state index in [1.54, 1.807) is 12.4 Å². The highest BCUT2D eigenvalue weighted by atomic mass is 32.1. The topological polar surface area (TPSA) is 66.9 Å². The zero-order valence-corrected chi connectivity index (χ0v) is 8.97. The van der Waals surface area contributed by atoms with Gasteiger partial charge < -0.3 is 5.32 Å². The number of hydrogen-bond acceptors (Lipinski definition) is 4. The second-order valence-electron chi connectivity index (χ2n) is 2.85. The van der Waals surface area contributed by atoms with Crippen LogP contribution in [0.25, 0.3) is 10.2 Å². The molecular weight excluding hydrogens is 212 g/mol. The Morgan fingerprint density at radius 1 is 1.60 bits per heavy atom. The molecule has 0 spiro atoms. The lowest BCUT2D eigenvalue weighted by molar-refractivity contribution is 0.252. The van der Waals surface area contributed by atoms with Gasteiger partial charge >= 0.3 is 6.03 Å². The van der Waals surface area contributed by atoms with E-state index in [9.17, 15) is 4.79 Å². The summed E-state index contributed by atoms with van der Waals surface area (Å²) < 4.78 is 0.962. The molecule has 0 aromatic carbocycles. The summed E-state index contributed by atoms with van der Waals surface area (Å²) >= 11 is 1.41. The van der Waals surface area contributed by atoms with E-state index in [1.807, 2.05) is 13.0 Å². The Bertz CT molecular complexity index is 449. The van der Waals surface area contributed by atoms with Crippen molar-refractivity contribution in [2.24, 2.45) is 0 Å². The molecule has 0 aliphatic heterocycles. The van der Waals surface area contributed by atoms with Crippen molar-refractivity contribution in [2.75, 3.05) is 11.9 Å². The second kappa shape index (κ2) is 4.22. The molecule has 2 aromatic heterocycles. The van der Waals surface area contributed by atoms with Crippen molar-refractivity contribution in [3.05, 3.63) is 18.5 Å². The molecule has 0 bridgehead atoms. The van der Waals surface area contributed by atoms with Crippen molar-refractivity contribution in [1.29, 1.82) is 0 Å². The van der Waals surface area contributed by atoms with Crippen LogP contribution < -0.4 is 10.6 Å². The van der Waals surface area contributed by atoms with Crippen LogP contribution in [0.5, 0.6) is 0 Å². The molecule has 0 atom stereocenters. The van der Waals surface area contributed by atoms with Gasteiger partial charge in [0.1, 0.15) is 0 Å². The van der Waals surface area contributed by atoms with Gasteiger partial charge in [-0.1, -0.05) is 11.3 Å². The summed E-state index contributed by atoms with van der Waals surface area (Å²) in [6, 6.07) is 1.58. The van der Waals surface area contributed by atoms with Gasteiger partial charge in [0, 0.05) is 18.9 Å². The first-order valence-corrected chi connectivity index (χ1v) is 5.36. The van der Waals surface area contributed by atoms with E-state index in [0.29, 0.717) is 11.7 Å². The number of carbonyl (C=O) groups is 1. The Kier molecular flexibility index (Phi) is 2.77. The maximum Gasteiger partial charge on any atom is 0.321 e. The summed E-state index contributed by atoms with van der Waals surface area (Å²) in [5, 5.41) is 5.89.